The fourth-order valence-electron chi connectivity index (χ4n) is 3.31. The number of aromatic nitrogens is 1. The Morgan fingerprint density at radius 1 is 1.42 bits per heavy atom. The summed E-state index contributed by atoms with van der Waals surface area (Å²) in [6.45, 7) is 11.2. The van der Waals surface area contributed by atoms with Gasteiger partial charge in [0.2, 0.25) is 5.88 Å². The monoisotopic (exact) mass is 381 g/mol. The van der Waals surface area contributed by atoms with Gasteiger partial charge in [-0.25, -0.2) is 9.78 Å². The van der Waals surface area contributed by atoms with E-state index >= 15 is 0 Å². The van der Waals surface area contributed by atoms with Gasteiger partial charge in [-0.1, -0.05) is 6.07 Å². The molecule has 0 aromatic carbocycles. The molecule has 6 nitrogen and oxygen atoms in total. The summed E-state index contributed by atoms with van der Waals surface area (Å²) < 4.78 is 11.3. The highest BCUT2D eigenvalue weighted by Gasteiger charge is 2.42. The van der Waals surface area contributed by atoms with E-state index in [0.29, 0.717) is 18.4 Å². The lowest BCUT2D eigenvalue weighted by atomic mass is 9.93. The first kappa shape index (κ1) is 20.8. The summed E-state index contributed by atoms with van der Waals surface area (Å²) in [6, 6.07) is 5.57. The van der Waals surface area contributed by atoms with Gasteiger partial charge in [0.1, 0.15) is 10.6 Å². The van der Waals surface area contributed by atoms with E-state index in [-0.39, 0.29) is 11.6 Å². The third-order valence-electron chi connectivity index (χ3n) is 4.40. The summed E-state index contributed by atoms with van der Waals surface area (Å²) >= 11 is 1.11. The molecule has 146 valence electrons. The molecule has 1 fully saturated rings. The zero-order valence-electron chi connectivity index (χ0n) is 16.4. The van der Waals surface area contributed by atoms with E-state index in [0.717, 1.165) is 42.8 Å². The molecule has 26 heavy (non-hydrogen) atoms. The first-order valence-electron chi connectivity index (χ1n) is 9.08. The number of amides is 1. The van der Waals surface area contributed by atoms with Crippen molar-refractivity contribution in [2.24, 2.45) is 11.1 Å². The van der Waals surface area contributed by atoms with E-state index in [4.69, 9.17) is 14.6 Å². The third-order valence-corrected chi connectivity index (χ3v) is 4.87. The second-order valence-corrected chi connectivity index (χ2v) is 9.05. The maximum atomic E-state index is 12.5. The van der Waals surface area contributed by atoms with Gasteiger partial charge in [-0.05, 0) is 77.8 Å². The van der Waals surface area contributed by atoms with Gasteiger partial charge >= 0.3 is 6.09 Å². The van der Waals surface area contributed by atoms with E-state index < -0.39 is 5.60 Å². The molecular formula is C19H31N3O3S. The molecule has 1 saturated heterocycles. The zero-order valence-corrected chi connectivity index (χ0v) is 17.3. The summed E-state index contributed by atoms with van der Waals surface area (Å²) in [4.78, 5) is 18.6. The standard InChI is InChI=1S/C19H31N3O3S/c1-18(2,3)25-17(23)22-13-14(12-19(22,4)5)8-7-11-24-15-9-6-10-16(21-15)26-20/h6,9-10,14H,7-8,11-13,20H2,1-5H3. The van der Waals surface area contributed by atoms with E-state index in [1.165, 1.54) is 0 Å². The number of hydrogen-bond acceptors (Lipinski definition) is 6. The van der Waals surface area contributed by atoms with Crippen LogP contribution in [0.3, 0.4) is 0 Å². The number of nitrogens with zero attached hydrogens (tertiary/aromatic N) is 2. The molecule has 0 bridgehead atoms. The SMILES string of the molecule is CC(C)(C)OC(=O)N1CC(CCCOc2cccc(SN)n2)CC1(C)C. The quantitative estimate of drug-likeness (QED) is 0.586. The molecular weight excluding hydrogens is 350 g/mol. The Kier molecular flexibility index (Phi) is 6.80. The maximum Gasteiger partial charge on any atom is 0.410 e. The predicted molar refractivity (Wildman–Crippen MR) is 104 cm³/mol. The molecule has 1 aromatic rings. The number of carbonyl (C=O) groups is 1. The molecule has 1 atom stereocenters. The van der Waals surface area contributed by atoms with Crippen molar-refractivity contribution in [2.45, 2.75) is 70.0 Å². The average molecular weight is 382 g/mol. The van der Waals surface area contributed by atoms with Gasteiger partial charge in [0.05, 0.1) is 6.61 Å². The highest BCUT2D eigenvalue weighted by Crippen LogP contribution is 2.36. The van der Waals surface area contributed by atoms with Crippen LogP contribution in [0.25, 0.3) is 0 Å². The minimum absolute atomic E-state index is 0.178. The van der Waals surface area contributed by atoms with Gasteiger partial charge in [-0.3, -0.25) is 5.14 Å². The van der Waals surface area contributed by atoms with Crippen LogP contribution in [0.15, 0.2) is 23.2 Å². The normalized spacial score (nSPS) is 19.5. The predicted octanol–water partition coefficient (Wildman–Crippen LogP) is 4.24. The topological polar surface area (TPSA) is 77.7 Å². The fraction of sp³-hybridized carbons (Fsp3) is 0.684. The van der Waals surface area contributed by atoms with Crippen LogP contribution in [-0.4, -0.2) is 40.3 Å². The lowest BCUT2D eigenvalue weighted by Crippen LogP contribution is -2.45. The molecule has 2 rings (SSSR count). The lowest BCUT2D eigenvalue weighted by molar-refractivity contribution is 0.0131. The summed E-state index contributed by atoms with van der Waals surface area (Å²) in [5.74, 6) is 1.06. The lowest BCUT2D eigenvalue weighted by Gasteiger charge is -2.33. The van der Waals surface area contributed by atoms with Crippen LogP contribution < -0.4 is 9.88 Å². The largest absolute Gasteiger partial charge is 0.478 e. The Balaban J connectivity index is 1.79. The van der Waals surface area contributed by atoms with Crippen LogP contribution >= 0.6 is 11.9 Å². The van der Waals surface area contributed by atoms with Crippen LogP contribution in [-0.2, 0) is 4.74 Å². The first-order chi connectivity index (χ1) is 12.1. The molecule has 1 aliphatic rings. The van der Waals surface area contributed by atoms with E-state index in [1.807, 2.05) is 43.9 Å². The number of nitrogens with two attached hydrogens (primary N) is 1. The van der Waals surface area contributed by atoms with Gasteiger partial charge in [0.15, 0.2) is 0 Å². The summed E-state index contributed by atoms with van der Waals surface area (Å²) in [6.07, 6.45) is 2.68. The van der Waals surface area contributed by atoms with Crippen molar-refractivity contribution in [3.05, 3.63) is 18.2 Å². The smallest absolute Gasteiger partial charge is 0.410 e. The Bertz CT molecular complexity index is 616. The Labute approximate surface area is 161 Å². The Hall–Kier alpha value is -1.47. The Morgan fingerprint density at radius 3 is 2.81 bits per heavy atom. The van der Waals surface area contributed by atoms with Gasteiger partial charge in [0.25, 0.3) is 0 Å². The van der Waals surface area contributed by atoms with Crippen LogP contribution in [0.1, 0.15) is 53.9 Å². The number of ether oxygens (including phenoxy) is 2. The minimum atomic E-state index is -0.470. The van der Waals surface area contributed by atoms with Crippen LogP contribution in [0.2, 0.25) is 0 Å². The first-order valence-corrected chi connectivity index (χ1v) is 9.96. The number of pyridine rings is 1. The van der Waals surface area contributed by atoms with Gasteiger partial charge in [0, 0.05) is 18.2 Å². The number of hydrogen-bond donors (Lipinski definition) is 1. The fourth-order valence-corrected chi connectivity index (χ4v) is 3.61. The van der Waals surface area contributed by atoms with Gasteiger partial charge in [-0.15, -0.1) is 0 Å². The zero-order chi connectivity index (χ0) is 19.4. The van der Waals surface area contributed by atoms with Gasteiger partial charge < -0.3 is 14.4 Å². The average Bonchev–Trinajstić information content (AvgIpc) is 2.85. The molecule has 2 N–H and O–H groups in total. The van der Waals surface area contributed by atoms with E-state index in [9.17, 15) is 4.79 Å². The van der Waals surface area contributed by atoms with Crippen molar-refractivity contribution < 1.29 is 14.3 Å². The maximum absolute atomic E-state index is 12.5. The summed E-state index contributed by atoms with van der Waals surface area (Å²) in [7, 11) is 0. The van der Waals surface area contributed by atoms with Crippen molar-refractivity contribution >= 4 is 18.0 Å². The van der Waals surface area contributed by atoms with Crippen molar-refractivity contribution in [3.63, 3.8) is 0 Å². The molecule has 0 radical (unpaired) electrons. The molecule has 2 heterocycles. The van der Waals surface area contributed by atoms with Crippen LogP contribution in [0, 0.1) is 5.92 Å². The summed E-state index contributed by atoms with van der Waals surface area (Å²) in [5, 5.41) is 6.26. The van der Waals surface area contributed by atoms with E-state index in [1.54, 1.807) is 0 Å². The highest BCUT2D eigenvalue weighted by atomic mass is 32.2. The number of carbonyl (C=O) groups excluding carboxylic acids is 1. The second kappa shape index (κ2) is 8.48. The Morgan fingerprint density at radius 2 is 2.15 bits per heavy atom. The molecule has 7 heteroatoms. The number of likely N-dealkylation sites (tertiary alicyclic amines) is 1. The number of rotatable bonds is 6. The molecule has 1 aromatic heterocycles. The molecule has 1 unspecified atom stereocenters. The van der Waals surface area contributed by atoms with Crippen molar-refractivity contribution in [2.75, 3.05) is 13.2 Å². The second-order valence-electron chi connectivity index (χ2n) is 8.40. The van der Waals surface area contributed by atoms with Gasteiger partial charge in [-0.2, -0.15) is 0 Å². The molecule has 0 saturated carbocycles. The minimum Gasteiger partial charge on any atom is -0.478 e. The molecule has 1 amide bonds. The van der Waals surface area contributed by atoms with Crippen molar-refractivity contribution in [3.8, 4) is 5.88 Å². The van der Waals surface area contributed by atoms with Crippen molar-refractivity contribution in [1.82, 2.24) is 9.88 Å². The molecule has 0 aliphatic carbocycles. The highest BCUT2D eigenvalue weighted by molar-refractivity contribution is 7.97. The third kappa shape index (κ3) is 6.06. The van der Waals surface area contributed by atoms with Crippen LogP contribution in [0.5, 0.6) is 5.88 Å². The molecule has 0 spiro atoms. The van der Waals surface area contributed by atoms with Crippen molar-refractivity contribution in [1.29, 1.82) is 0 Å². The van der Waals surface area contributed by atoms with E-state index in [2.05, 4.69) is 18.8 Å². The summed E-state index contributed by atoms with van der Waals surface area (Å²) in [5.41, 5.74) is -0.648. The van der Waals surface area contributed by atoms with Crippen LogP contribution in [0.4, 0.5) is 4.79 Å². The molecule has 1 aliphatic heterocycles.